The molecule has 2 N–H and O–H groups in total. The van der Waals surface area contributed by atoms with Crippen LogP contribution in [0.5, 0.6) is 11.8 Å². The number of phenols is 1. The number of pyridine rings is 1. The molecule has 9 nitrogen and oxygen atoms in total. The number of hydrogen-bond acceptors (Lipinski definition) is 9. The first kappa shape index (κ1) is 28.4. The molecule has 43 heavy (non-hydrogen) atoms. The van der Waals surface area contributed by atoms with E-state index in [0.29, 0.717) is 49.5 Å². The SMILES string of the molecule is OCC1COCCN(c2nc(OCC34CCCN3CCC4)nc3c(F)c(-c4cc(O)cc5ccc(F)c(Cl)c45)ncc23)C1. The number of nitrogens with zero attached hydrogens (tertiary/aromatic N) is 5. The Bertz CT molecular complexity index is 1700. The normalized spacial score (nSPS) is 20.6. The van der Waals surface area contributed by atoms with Crippen molar-refractivity contribution in [1.82, 2.24) is 19.9 Å². The number of fused-ring (bicyclic) bond motifs is 3. The zero-order chi connectivity index (χ0) is 29.7. The van der Waals surface area contributed by atoms with Crippen LogP contribution in [-0.2, 0) is 4.74 Å². The Labute approximate surface area is 252 Å². The van der Waals surface area contributed by atoms with Gasteiger partial charge in [0.15, 0.2) is 5.82 Å². The molecule has 12 heteroatoms. The van der Waals surface area contributed by atoms with E-state index in [1.54, 1.807) is 0 Å². The van der Waals surface area contributed by atoms with Gasteiger partial charge in [0.25, 0.3) is 0 Å². The second-order valence-electron chi connectivity index (χ2n) is 11.7. The fraction of sp³-hybridized carbons (Fsp3) is 0.452. The van der Waals surface area contributed by atoms with Crippen LogP contribution in [0.2, 0.25) is 5.02 Å². The molecule has 0 radical (unpaired) electrons. The van der Waals surface area contributed by atoms with Gasteiger partial charge in [-0.2, -0.15) is 9.97 Å². The van der Waals surface area contributed by atoms with Crippen molar-refractivity contribution in [3.8, 4) is 23.0 Å². The van der Waals surface area contributed by atoms with Crippen molar-refractivity contribution in [1.29, 1.82) is 0 Å². The summed E-state index contributed by atoms with van der Waals surface area (Å²) in [5.74, 6) is -1.32. The summed E-state index contributed by atoms with van der Waals surface area (Å²) in [6.07, 6.45) is 5.74. The zero-order valence-corrected chi connectivity index (χ0v) is 24.3. The van der Waals surface area contributed by atoms with E-state index >= 15 is 4.39 Å². The lowest BCUT2D eigenvalue weighted by Gasteiger charge is -2.31. The first-order valence-electron chi connectivity index (χ1n) is 14.7. The second-order valence-corrected chi connectivity index (χ2v) is 12.1. The molecule has 4 aromatic rings. The van der Waals surface area contributed by atoms with Gasteiger partial charge in [-0.15, -0.1) is 0 Å². The largest absolute Gasteiger partial charge is 0.508 e. The van der Waals surface area contributed by atoms with E-state index in [0.717, 1.165) is 38.8 Å². The Morgan fingerprint density at radius 3 is 2.72 bits per heavy atom. The van der Waals surface area contributed by atoms with Crippen LogP contribution in [-0.4, -0.2) is 88.2 Å². The number of hydrogen-bond donors (Lipinski definition) is 2. The second kappa shape index (κ2) is 11.3. The molecule has 226 valence electrons. The van der Waals surface area contributed by atoms with Gasteiger partial charge >= 0.3 is 6.01 Å². The monoisotopic (exact) mass is 611 g/mol. The first-order valence-corrected chi connectivity index (χ1v) is 15.0. The molecule has 0 aliphatic carbocycles. The third-order valence-corrected chi connectivity index (χ3v) is 9.44. The number of ether oxygens (including phenoxy) is 2. The molecule has 3 aliphatic rings. The number of phenolic OH excluding ortho intramolecular Hbond substituents is 1. The minimum atomic E-state index is -0.774. The quantitative estimate of drug-likeness (QED) is 0.314. The predicted octanol–water partition coefficient (Wildman–Crippen LogP) is 4.93. The molecular formula is C31H32ClF2N5O4. The molecule has 3 fully saturated rings. The molecule has 1 unspecified atom stereocenters. The van der Waals surface area contributed by atoms with Gasteiger partial charge < -0.3 is 24.6 Å². The Balaban J connectivity index is 1.38. The van der Waals surface area contributed by atoms with Crippen LogP contribution >= 0.6 is 11.6 Å². The van der Waals surface area contributed by atoms with Gasteiger partial charge in [-0.3, -0.25) is 9.88 Å². The maximum absolute atomic E-state index is 16.6. The van der Waals surface area contributed by atoms with Gasteiger partial charge in [0.2, 0.25) is 0 Å². The summed E-state index contributed by atoms with van der Waals surface area (Å²) < 4.78 is 43.1. The van der Waals surface area contributed by atoms with Crippen molar-refractivity contribution in [2.45, 2.75) is 31.2 Å². The van der Waals surface area contributed by atoms with Gasteiger partial charge in [0, 0.05) is 42.8 Å². The van der Waals surface area contributed by atoms with E-state index in [9.17, 15) is 14.6 Å². The van der Waals surface area contributed by atoms with Crippen molar-refractivity contribution in [3.63, 3.8) is 0 Å². The Morgan fingerprint density at radius 1 is 1.12 bits per heavy atom. The molecule has 2 aromatic carbocycles. The van der Waals surface area contributed by atoms with Gasteiger partial charge in [-0.1, -0.05) is 17.7 Å². The molecule has 0 bridgehead atoms. The van der Waals surface area contributed by atoms with Crippen LogP contribution in [0.1, 0.15) is 25.7 Å². The molecule has 2 aromatic heterocycles. The van der Waals surface area contributed by atoms with Crippen molar-refractivity contribution < 1.29 is 28.5 Å². The topological polar surface area (TPSA) is 104 Å². The number of anilines is 1. The summed E-state index contributed by atoms with van der Waals surface area (Å²) >= 11 is 6.35. The van der Waals surface area contributed by atoms with Crippen LogP contribution in [0, 0.1) is 17.6 Å². The summed E-state index contributed by atoms with van der Waals surface area (Å²) in [4.78, 5) is 18.2. The van der Waals surface area contributed by atoms with Crippen LogP contribution in [0.3, 0.4) is 0 Å². The number of aromatic hydroxyl groups is 1. The number of aliphatic hydroxyl groups is 1. The number of benzene rings is 2. The molecule has 0 spiro atoms. The van der Waals surface area contributed by atoms with Crippen LogP contribution < -0.4 is 9.64 Å². The minimum absolute atomic E-state index is 0.0214. The van der Waals surface area contributed by atoms with Crippen molar-refractivity contribution in [3.05, 3.63) is 47.1 Å². The standard InChI is InChI=1S/C31H32ClF2N5O4/c32-25-23(33)4-3-19-11-20(41)12-21(24(19)25)27-26(34)28-22(13-35-27)29(38-9-10-42-16-18(14-38)15-40)37-30(36-28)43-17-31-5-1-7-39(31)8-2-6-31/h3-4,11-13,18,40-41H,1-2,5-10,14-17H2. The summed E-state index contributed by atoms with van der Waals surface area (Å²) in [6.45, 7) is 4.11. The molecule has 1 atom stereocenters. The van der Waals surface area contributed by atoms with Crippen LogP contribution in [0.25, 0.3) is 32.9 Å². The lowest BCUT2D eigenvalue weighted by atomic mass is 9.95. The Kier molecular flexibility index (Phi) is 7.45. The van der Waals surface area contributed by atoms with Crippen LogP contribution in [0.15, 0.2) is 30.5 Å². The molecule has 3 aliphatic heterocycles. The highest BCUT2D eigenvalue weighted by atomic mass is 35.5. The summed E-state index contributed by atoms with van der Waals surface area (Å²) in [5.41, 5.74) is -0.0936. The maximum Gasteiger partial charge on any atom is 0.319 e. The van der Waals surface area contributed by atoms with Crippen molar-refractivity contribution in [2.24, 2.45) is 5.92 Å². The van der Waals surface area contributed by atoms with Gasteiger partial charge in [-0.25, -0.2) is 8.78 Å². The van der Waals surface area contributed by atoms with Crippen LogP contribution in [0.4, 0.5) is 14.6 Å². The highest BCUT2D eigenvalue weighted by Crippen LogP contribution is 2.41. The lowest BCUT2D eigenvalue weighted by Crippen LogP contribution is -2.43. The van der Waals surface area contributed by atoms with E-state index < -0.39 is 11.6 Å². The average molecular weight is 612 g/mol. The predicted molar refractivity (Wildman–Crippen MR) is 159 cm³/mol. The van der Waals surface area contributed by atoms with E-state index in [1.165, 1.54) is 30.5 Å². The molecular weight excluding hydrogens is 580 g/mol. The number of halogens is 3. The van der Waals surface area contributed by atoms with Gasteiger partial charge in [0.1, 0.15) is 35.2 Å². The highest BCUT2D eigenvalue weighted by Gasteiger charge is 2.45. The molecule has 0 saturated carbocycles. The minimum Gasteiger partial charge on any atom is -0.508 e. The van der Waals surface area contributed by atoms with Gasteiger partial charge in [0.05, 0.1) is 29.2 Å². The van der Waals surface area contributed by atoms with Gasteiger partial charge in [-0.05, 0) is 62.4 Å². The fourth-order valence-corrected chi connectivity index (χ4v) is 7.20. The average Bonchev–Trinajstić information content (AvgIpc) is 3.49. The number of rotatable bonds is 6. The summed E-state index contributed by atoms with van der Waals surface area (Å²) in [7, 11) is 0. The third-order valence-electron chi connectivity index (χ3n) is 9.07. The zero-order valence-electron chi connectivity index (χ0n) is 23.5. The smallest absolute Gasteiger partial charge is 0.319 e. The molecule has 3 saturated heterocycles. The number of aliphatic hydroxyl groups excluding tert-OH is 1. The van der Waals surface area contributed by atoms with E-state index in [2.05, 4.69) is 14.9 Å². The maximum atomic E-state index is 16.6. The molecule has 5 heterocycles. The third kappa shape index (κ3) is 5.02. The Hall–Kier alpha value is -3.38. The first-order chi connectivity index (χ1) is 20.9. The van der Waals surface area contributed by atoms with E-state index in [1.807, 2.05) is 4.90 Å². The van der Waals surface area contributed by atoms with Crippen molar-refractivity contribution >= 4 is 39.1 Å². The lowest BCUT2D eigenvalue weighted by molar-refractivity contribution is 0.0959. The molecule has 0 amide bonds. The van der Waals surface area contributed by atoms with Crippen molar-refractivity contribution in [2.75, 3.05) is 57.5 Å². The van der Waals surface area contributed by atoms with E-state index in [-0.39, 0.29) is 57.0 Å². The fourth-order valence-electron chi connectivity index (χ4n) is 6.93. The summed E-state index contributed by atoms with van der Waals surface area (Å²) in [5, 5.41) is 21.2. The number of aromatic nitrogens is 3. The van der Waals surface area contributed by atoms with E-state index in [4.69, 9.17) is 26.1 Å². The summed E-state index contributed by atoms with van der Waals surface area (Å²) in [6, 6.07) is 5.46. The molecule has 7 rings (SSSR count). The highest BCUT2D eigenvalue weighted by molar-refractivity contribution is 6.37. The Morgan fingerprint density at radius 2 is 1.93 bits per heavy atom.